The van der Waals surface area contributed by atoms with Gasteiger partial charge < -0.3 is 20.7 Å². The maximum absolute atomic E-state index is 12.2. The number of hydrogen-bond acceptors (Lipinski definition) is 4. The molecule has 0 aliphatic heterocycles. The first kappa shape index (κ1) is 20.0. The van der Waals surface area contributed by atoms with Gasteiger partial charge in [0.15, 0.2) is 0 Å². The quantitative estimate of drug-likeness (QED) is 0.587. The maximum Gasteiger partial charge on any atom is 0.243 e. The monoisotopic (exact) mass is 367 g/mol. The van der Waals surface area contributed by atoms with E-state index in [1.165, 1.54) is 0 Å². The molecule has 0 aliphatic carbocycles. The Labute approximate surface area is 159 Å². The summed E-state index contributed by atoms with van der Waals surface area (Å²) >= 11 is 0. The Morgan fingerprint density at radius 2 is 1.81 bits per heavy atom. The van der Waals surface area contributed by atoms with Crippen molar-refractivity contribution in [2.24, 2.45) is 5.92 Å². The van der Waals surface area contributed by atoms with Gasteiger partial charge >= 0.3 is 0 Å². The standard InChI is InChI=1S/C21H25N3O3/c1-4-12-27-19-11-6-5-10-18(19)24-20(25)14-22-16-8-7-9-17(13-16)23-21(26)15(2)3/h4-11,13,15,22H,1,12,14H2,2-3H3,(H,23,26)(H,24,25). The smallest absolute Gasteiger partial charge is 0.243 e. The molecule has 0 saturated carbocycles. The topological polar surface area (TPSA) is 79.5 Å². The van der Waals surface area contributed by atoms with E-state index in [-0.39, 0.29) is 24.3 Å². The van der Waals surface area contributed by atoms with Crippen molar-refractivity contribution in [1.29, 1.82) is 0 Å². The van der Waals surface area contributed by atoms with Crippen LogP contribution in [0.25, 0.3) is 0 Å². The number of para-hydroxylation sites is 2. The highest BCUT2D eigenvalue weighted by molar-refractivity contribution is 5.95. The second-order valence-corrected chi connectivity index (χ2v) is 6.22. The average Bonchev–Trinajstić information content (AvgIpc) is 2.66. The Bertz CT molecular complexity index is 803. The lowest BCUT2D eigenvalue weighted by Crippen LogP contribution is -2.22. The van der Waals surface area contributed by atoms with Crippen molar-refractivity contribution in [2.45, 2.75) is 13.8 Å². The van der Waals surface area contributed by atoms with Gasteiger partial charge in [-0.05, 0) is 30.3 Å². The zero-order valence-corrected chi connectivity index (χ0v) is 15.6. The molecule has 3 N–H and O–H groups in total. The third kappa shape index (κ3) is 6.51. The van der Waals surface area contributed by atoms with Crippen molar-refractivity contribution >= 4 is 28.9 Å². The number of carbonyl (C=O) groups is 2. The number of ether oxygens (including phenoxy) is 1. The summed E-state index contributed by atoms with van der Waals surface area (Å²) in [5, 5.41) is 8.70. The van der Waals surface area contributed by atoms with Crippen LogP contribution >= 0.6 is 0 Å². The van der Waals surface area contributed by atoms with Crippen molar-refractivity contribution in [2.75, 3.05) is 29.1 Å². The Morgan fingerprint density at radius 1 is 1.07 bits per heavy atom. The third-order valence-electron chi connectivity index (χ3n) is 3.63. The lowest BCUT2D eigenvalue weighted by molar-refractivity contribution is -0.119. The zero-order valence-electron chi connectivity index (χ0n) is 15.6. The highest BCUT2D eigenvalue weighted by Crippen LogP contribution is 2.23. The van der Waals surface area contributed by atoms with E-state index in [0.717, 1.165) is 5.69 Å². The van der Waals surface area contributed by atoms with E-state index in [0.29, 0.717) is 23.7 Å². The van der Waals surface area contributed by atoms with Gasteiger partial charge in [-0.2, -0.15) is 0 Å². The Kier molecular flexibility index (Phi) is 7.43. The lowest BCUT2D eigenvalue weighted by atomic mass is 10.2. The molecule has 0 saturated heterocycles. The summed E-state index contributed by atoms with van der Waals surface area (Å²) in [6.07, 6.45) is 1.64. The van der Waals surface area contributed by atoms with E-state index in [4.69, 9.17) is 4.74 Å². The first-order valence-corrected chi connectivity index (χ1v) is 8.77. The van der Waals surface area contributed by atoms with Crippen LogP contribution in [-0.2, 0) is 9.59 Å². The fourth-order valence-corrected chi connectivity index (χ4v) is 2.21. The predicted molar refractivity (Wildman–Crippen MR) is 109 cm³/mol. The average molecular weight is 367 g/mol. The van der Waals surface area contributed by atoms with Crippen LogP contribution < -0.4 is 20.7 Å². The van der Waals surface area contributed by atoms with Gasteiger partial charge in [-0.3, -0.25) is 9.59 Å². The van der Waals surface area contributed by atoms with E-state index in [2.05, 4.69) is 22.5 Å². The molecular formula is C21H25N3O3. The molecule has 0 aromatic heterocycles. The molecule has 0 unspecified atom stereocenters. The van der Waals surface area contributed by atoms with Gasteiger partial charge in [-0.1, -0.05) is 44.7 Å². The molecule has 6 heteroatoms. The minimum Gasteiger partial charge on any atom is -0.487 e. The molecule has 6 nitrogen and oxygen atoms in total. The zero-order chi connectivity index (χ0) is 19.6. The van der Waals surface area contributed by atoms with Crippen LogP contribution in [0.3, 0.4) is 0 Å². The molecule has 2 amide bonds. The van der Waals surface area contributed by atoms with Crippen molar-refractivity contribution in [3.05, 3.63) is 61.2 Å². The normalized spacial score (nSPS) is 10.2. The van der Waals surface area contributed by atoms with Crippen molar-refractivity contribution in [1.82, 2.24) is 0 Å². The van der Waals surface area contributed by atoms with Crippen LogP contribution in [0, 0.1) is 5.92 Å². The van der Waals surface area contributed by atoms with Crippen LogP contribution in [0.5, 0.6) is 5.75 Å². The van der Waals surface area contributed by atoms with Crippen LogP contribution in [0.1, 0.15) is 13.8 Å². The third-order valence-corrected chi connectivity index (χ3v) is 3.63. The van der Waals surface area contributed by atoms with Crippen molar-refractivity contribution in [3.8, 4) is 5.75 Å². The fraction of sp³-hybridized carbons (Fsp3) is 0.238. The first-order valence-electron chi connectivity index (χ1n) is 8.77. The number of benzene rings is 2. The second kappa shape index (κ2) is 10.0. The lowest BCUT2D eigenvalue weighted by Gasteiger charge is -2.13. The maximum atomic E-state index is 12.2. The predicted octanol–water partition coefficient (Wildman–Crippen LogP) is 3.90. The molecule has 0 aliphatic rings. The van der Waals surface area contributed by atoms with Crippen LogP contribution in [0.4, 0.5) is 17.1 Å². The van der Waals surface area contributed by atoms with Gasteiger partial charge in [0.25, 0.3) is 0 Å². The summed E-state index contributed by atoms with van der Waals surface area (Å²) in [5.41, 5.74) is 2.02. The largest absolute Gasteiger partial charge is 0.487 e. The summed E-state index contributed by atoms with van der Waals surface area (Å²) < 4.78 is 5.53. The molecule has 0 radical (unpaired) electrons. The molecule has 0 spiro atoms. The number of nitrogens with one attached hydrogen (secondary N) is 3. The molecule has 2 aromatic carbocycles. The molecule has 2 aromatic rings. The van der Waals surface area contributed by atoms with Gasteiger partial charge in [0.05, 0.1) is 12.2 Å². The minimum absolute atomic E-state index is 0.0546. The van der Waals surface area contributed by atoms with Crippen molar-refractivity contribution in [3.63, 3.8) is 0 Å². The van der Waals surface area contributed by atoms with Gasteiger partial charge in [0.2, 0.25) is 11.8 Å². The summed E-state index contributed by atoms with van der Waals surface area (Å²) in [4.78, 5) is 24.0. The van der Waals surface area contributed by atoms with Crippen LogP contribution in [0.2, 0.25) is 0 Å². The number of amides is 2. The van der Waals surface area contributed by atoms with E-state index in [1.54, 1.807) is 30.3 Å². The number of hydrogen-bond donors (Lipinski definition) is 3. The fourth-order valence-electron chi connectivity index (χ4n) is 2.21. The highest BCUT2D eigenvalue weighted by Gasteiger charge is 2.09. The second-order valence-electron chi connectivity index (χ2n) is 6.22. The van der Waals surface area contributed by atoms with Gasteiger partial charge in [-0.15, -0.1) is 0 Å². The van der Waals surface area contributed by atoms with Crippen molar-refractivity contribution < 1.29 is 14.3 Å². The van der Waals surface area contributed by atoms with Gasteiger partial charge in [0, 0.05) is 17.3 Å². The summed E-state index contributed by atoms with van der Waals surface area (Å²) in [6.45, 7) is 7.72. The molecule has 0 heterocycles. The minimum atomic E-state index is -0.207. The summed E-state index contributed by atoms with van der Waals surface area (Å²) in [5.74, 6) is 0.224. The van der Waals surface area contributed by atoms with Crippen LogP contribution in [-0.4, -0.2) is 25.0 Å². The highest BCUT2D eigenvalue weighted by atomic mass is 16.5. The Hall–Kier alpha value is -3.28. The van der Waals surface area contributed by atoms with Gasteiger partial charge in [-0.25, -0.2) is 0 Å². The van der Waals surface area contributed by atoms with Crippen LogP contribution in [0.15, 0.2) is 61.2 Å². The number of rotatable bonds is 9. The Balaban J connectivity index is 1.92. The SMILES string of the molecule is C=CCOc1ccccc1NC(=O)CNc1cccc(NC(=O)C(C)C)c1. The van der Waals surface area contributed by atoms with Gasteiger partial charge in [0.1, 0.15) is 12.4 Å². The molecule has 27 heavy (non-hydrogen) atoms. The summed E-state index contributed by atoms with van der Waals surface area (Å²) in [7, 11) is 0. The van der Waals surface area contributed by atoms with E-state index in [9.17, 15) is 9.59 Å². The number of carbonyl (C=O) groups excluding carboxylic acids is 2. The molecule has 0 bridgehead atoms. The molecule has 0 fully saturated rings. The molecule has 142 valence electrons. The summed E-state index contributed by atoms with van der Waals surface area (Å²) in [6, 6.07) is 14.5. The number of anilines is 3. The molecular weight excluding hydrogens is 342 g/mol. The van der Waals surface area contributed by atoms with E-state index < -0.39 is 0 Å². The van der Waals surface area contributed by atoms with E-state index >= 15 is 0 Å². The Morgan fingerprint density at radius 3 is 2.56 bits per heavy atom. The molecule has 2 rings (SSSR count). The first-order chi connectivity index (χ1) is 13.0. The molecule has 0 atom stereocenters. The van der Waals surface area contributed by atoms with E-state index in [1.807, 2.05) is 38.1 Å².